The molecule has 0 radical (unpaired) electrons. The Morgan fingerprint density at radius 3 is 2.44 bits per heavy atom. The standard InChI is InChI=1S/C12H20FNO4/c1-6-7(2)9(4-10(14)17-5-13)18-11(8(6)3)12(15)16/h6-9,11,14H,4-5H2,1-3H3,(H,15,16)/t6-,7+,8-,9+,11+/m0/s1. The molecule has 0 aromatic carbocycles. The molecule has 0 amide bonds. The van der Waals surface area contributed by atoms with Gasteiger partial charge in [0.25, 0.3) is 0 Å². The first-order chi connectivity index (χ1) is 8.38. The van der Waals surface area contributed by atoms with Crippen molar-refractivity contribution in [2.24, 2.45) is 17.8 Å². The van der Waals surface area contributed by atoms with Crippen molar-refractivity contribution >= 4 is 11.9 Å². The Hall–Kier alpha value is -1.17. The Morgan fingerprint density at radius 1 is 1.33 bits per heavy atom. The predicted molar refractivity (Wildman–Crippen MR) is 63.2 cm³/mol. The van der Waals surface area contributed by atoms with Crippen molar-refractivity contribution in [3.8, 4) is 0 Å². The maximum absolute atomic E-state index is 11.9. The molecule has 1 rings (SSSR count). The van der Waals surface area contributed by atoms with Crippen LogP contribution in [0.25, 0.3) is 0 Å². The number of aliphatic carboxylic acids is 1. The fourth-order valence-corrected chi connectivity index (χ4v) is 2.35. The summed E-state index contributed by atoms with van der Waals surface area (Å²) in [7, 11) is 0. The summed E-state index contributed by atoms with van der Waals surface area (Å²) in [5, 5.41) is 16.5. The third kappa shape index (κ3) is 3.19. The van der Waals surface area contributed by atoms with Crippen LogP contribution in [0.3, 0.4) is 0 Å². The first-order valence-corrected chi connectivity index (χ1v) is 6.03. The van der Waals surface area contributed by atoms with Crippen molar-refractivity contribution in [2.45, 2.75) is 39.4 Å². The van der Waals surface area contributed by atoms with E-state index in [1.807, 2.05) is 20.8 Å². The number of nitrogens with one attached hydrogen (secondary N) is 1. The van der Waals surface area contributed by atoms with Crippen molar-refractivity contribution in [3.63, 3.8) is 0 Å². The van der Waals surface area contributed by atoms with E-state index in [4.69, 9.17) is 15.3 Å². The van der Waals surface area contributed by atoms with E-state index in [0.717, 1.165) is 0 Å². The van der Waals surface area contributed by atoms with Crippen LogP contribution >= 0.6 is 0 Å². The van der Waals surface area contributed by atoms with E-state index in [9.17, 15) is 9.18 Å². The molecule has 1 aliphatic heterocycles. The molecule has 0 spiro atoms. The second-order valence-electron chi connectivity index (χ2n) is 4.89. The van der Waals surface area contributed by atoms with Gasteiger partial charge < -0.3 is 14.6 Å². The quantitative estimate of drug-likeness (QED) is 0.599. The lowest BCUT2D eigenvalue weighted by atomic mass is 9.75. The smallest absolute Gasteiger partial charge is 0.333 e. The number of carbonyl (C=O) groups is 1. The number of hydrogen-bond acceptors (Lipinski definition) is 4. The van der Waals surface area contributed by atoms with Gasteiger partial charge in [0.1, 0.15) is 0 Å². The summed E-state index contributed by atoms with van der Waals surface area (Å²) < 4.78 is 21.9. The normalized spacial score (nSPS) is 36.1. The highest BCUT2D eigenvalue weighted by Crippen LogP contribution is 2.36. The maximum Gasteiger partial charge on any atom is 0.333 e. The van der Waals surface area contributed by atoms with Crippen LogP contribution in [0.4, 0.5) is 4.39 Å². The van der Waals surface area contributed by atoms with Crippen molar-refractivity contribution in [1.82, 2.24) is 0 Å². The molecule has 0 saturated carbocycles. The van der Waals surface area contributed by atoms with Gasteiger partial charge >= 0.3 is 5.97 Å². The van der Waals surface area contributed by atoms with E-state index in [2.05, 4.69) is 4.74 Å². The minimum absolute atomic E-state index is 0.0926. The zero-order chi connectivity index (χ0) is 13.9. The molecule has 6 heteroatoms. The highest BCUT2D eigenvalue weighted by Gasteiger charge is 2.42. The zero-order valence-electron chi connectivity index (χ0n) is 10.9. The Labute approximate surface area is 106 Å². The fraction of sp³-hybridized carbons (Fsp3) is 0.833. The summed E-state index contributed by atoms with van der Waals surface area (Å²) in [5.41, 5.74) is 0. The Bertz CT molecular complexity index is 323. The zero-order valence-corrected chi connectivity index (χ0v) is 10.9. The van der Waals surface area contributed by atoms with Crippen molar-refractivity contribution in [2.75, 3.05) is 6.86 Å². The van der Waals surface area contributed by atoms with E-state index in [-0.39, 0.29) is 30.1 Å². The molecule has 1 fully saturated rings. The molecule has 1 heterocycles. The number of hydrogen-bond donors (Lipinski definition) is 2. The third-order valence-electron chi connectivity index (χ3n) is 3.90. The third-order valence-corrected chi connectivity index (χ3v) is 3.90. The summed E-state index contributed by atoms with van der Waals surface area (Å²) >= 11 is 0. The number of rotatable bonds is 4. The first kappa shape index (κ1) is 14.9. The second kappa shape index (κ2) is 6.13. The van der Waals surface area contributed by atoms with E-state index < -0.39 is 25.0 Å². The molecule has 1 aliphatic rings. The largest absolute Gasteiger partial charge is 0.479 e. The molecular formula is C12H20FNO4. The summed E-state index contributed by atoms with van der Waals surface area (Å²) in [6.45, 7) is 4.72. The number of ether oxygens (including phenoxy) is 2. The molecule has 1 saturated heterocycles. The van der Waals surface area contributed by atoms with Crippen LogP contribution in [0.1, 0.15) is 27.2 Å². The second-order valence-corrected chi connectivity index (χ2v) is 4.89. The Balaban J connectivity index is 2.73. The molecule has 5 atom stereocenters. The number of alkyl halides is 1. The number of carboxylic acids is 1. The van der Waals surface area contributed by atoms with Gasteiger partial charge in [0.2, 0.25) is 6.86 Å². The van der Waals surface area contributed by atoms with Crippen LogP contribution in [0.2, 0.25) is 0 Å². The van der Waals surface area contributed by atoms with Crippen molar-refractivity contribution < 1.29 is 23.8 Å². The average molecular weight is 261 g/mol. The van der Waals surface area contributed by atoms with E-state index in [1.165, 1.54) is 0 Å². The minimum atomic E-state index is -1.05. The summed E-state index contributed by atoms with van der Waals surface area (Å²) in [6.07, 6.45) is -1.19. The van der Waals surface area contributed by atoms with Gasteiger partial charge in [-0.25, -0.2) is 9.18 Å². The van der Waals surface area contributed by atoms with Crippen LogP contribution in [0, 0.1) is 23.2 Å². The van der Waals surface area contributed by atoms with Gasteiger partial charge in [-0.2, -0.15) is 0 Å². The van der Waals surface area contributed by atoms with E-state index in [1.54, 1.807) is 0 Å². The molecule has 5 nitrogen and oxygen atoms in total. The lowest BCUT2D eigenvalue weighted by Gasteiger charge is -2.42. The topological polar surface area (TPSA) is 79.6 Å². The summed E-state index contributed by atoms with van der Waals surface area (Å²) in [5.74, 6) is -1.04. The SMILES string of the molecule is C[C@H]1[C@@H](C)[C@@H](CC(=N)OCF)O[C@@H](C(=O)O)[C@H]1C. The van der Waals surface area contributed by atoms with Crippen LogP contribution in [0.5, 0.6) is 0 Å². The van der Waals surface area contributed by atoms with Crippen molar-refractivity contribution in [1.29, 1.82) is 5.41 Å². The average Bonchev–Trinajstić information content (AvgIpc) is 2.30. The fourth-order valence-electron chi connectivity index (χ4n) is 2.35. The van der Waals surface area contributed by atoms with Crippen LogP contribution < -0.4 is 0 Å². The maximum atomic E-state index is 11.9. The van der Waals surface area contributed by atoms with E-state index >= 15 is 0 Å². The molecule has 0 aromatic heterocycles. The van der Waals surface area contributed by atoms with Gasteiger partial charge in [-0.15, -0.1) is 0 Å². The molecule has 104 valence electrons. The lowest BCUT2D eigenvalue weighted by Crippen LogP contribution is -2.48. The highest BCUT2D eigenvalue weighted by molar-refractivity contribution is 5.74. The van der Waals surface area contributed by atoms with Gasteiger partial charge in [-0.3, -0.25) is 5.41 Å². The Kier molecular flexibility index (Phi) is 5.07. The van der Waals surface area contributed by atoms with Crippen LogP contribution in [0.15, 0.2) is 0 Å². The van der Waals surface area contributed by atoms with Crippen LogP contribution in [-0.2, 0) is 14.3 Å². The summed E-state index contributed by atoms with van der Waals surface area (Å²) in [6, 6.07) is 0. The van der Waals surface area contributed by atoms with Crippen molar-refractivity contribution in [3.05, 3.63) is 0 Å². The van der Waals surface area contributed by atoms with Gasteiger partial charge in [0.05, 0.1) is 6.10 Å². The first-order valence-electron chi connectivity index (χ1n) is 6.03. The van der Waals surface area contributed by atoms with E-state index in [0.29, 0.717) is 0 Å². The molecule has 0 aliphatic carbocycles. The molecular weight excluding hydrogens is 241 g/mol. The Morgan fingerprint density at radius 2 is 1.94 bits per heavy atom. The molecule has 2 N–H and O–H groups in total. The molecule has 18 heavy (non-hydrogen) atoms. The molecule has 0 aromatic rings. The lowest BCUT2D eigenvalue weighted by molar-refractivity contribution is -0.178. The molecule has 0 bridgehead atoms. The van der Waals surface area contributed by atoms with Gasteiger partial charge in [0.15, 0.2) is 12.0 Å². The van der Waals surface area contributed by atoms with Crippen LogP contribution in [-0.4, -0.2) is 36.0 Å². The predicted octanol–water partition coefficient (Wildman–Crippen LogP) is 2.06. The van der Waals surface area contributed by atoms with Gasteiger partial charge in [-0.1, -0.05) is 20.8 Å². The minimum Gasteiger partial charge on any atom is -0.479 e. The number of carboxylic acid groups (broad SMARTS) is 1. The van der Waals surface area contributed by atoms with Gasteiger partial charge in [0, 0.05) is 6.42 Å². The summed E-state index contributed by atoms with van der Waals surface area (Å²) in [4.78, 5) is 11.1. The highest BCUT2D eigenvalue weighted by atomic mass is 19.1. The molecule has 0 unspecified atom stereocenters. The number of halogens is 1. The van der Waals surface area contributed by atoms with Gasteiger partial charge in [-0.05, 0) is 17.8 Å². The monoisotopic (exact) mass is 261 g/mol.